The summed E-state index contributed by atoms with van der Waals surface area (Å²) >= 11 is 0. The molecule has 0 spiro atoms. The molecule has 0 saturated heterocycles. The summed E-state index contributed by atoms with van der Waals surface area (Å²) in [7, 11) is 3.17. The standard InChI is InChI=1S/C14H13N5O3/c1-7(20)13(21)9-6-15-12-8(14-16-18-19(2)17-14)4-5-10(22-3)11(9)12/h4-6,15H,1-3H3. The third-order valence-corrected chi connectivity index (χ3v) is 3.33. The van der Waals surface area contributed by atoms with Crippen LogP contribution in [0.5, 0.6) is 5.75 Å². The SMILES string of the molecule is COc1ccc(-c2nnn(C)n2)c2[nH]cc(C(=O)C(C)=O)c12. The van der Waals surface area contributed by atoms with Crippen molar-refractivity contribution in [3.63, 3.8) is 0 Å². The largest absolute Gasteiger partial charge is 0.496 e. The number of aromatic amines is 1. The molecule has 0 atom stereocenters. The van der Waals surface area contributed by atoms with E-state index in [-0.39, 0.29) is 5.56 Å². The first kappa shape index (κ1) is 13.9. The van der Waals surface area contributed by atoms with Crippen LogP contribution in [0.15, 0.2) is 18.3 Å². The summed E-state index contributed by atoms with van der Waals surface area (Å²) in [5, 5.41) is 12.5. The predicted molar refractivity (Wildman–Crippen MR) is 77.7 cm³/mol. The lowest BCUT2D eigenvalue weighted by Gasteiger charge is -2.06. The monoisotopic (exact) mass is 299 g/mol. The second kappa shape index (κ2) is 5.06. The number of rotatable bonds is 4. The quantitative estimate of drug-likeness (QED) is 0.572. The lowest BCUT2D eigenvalue weighted by molar-refractivity contribution is -0.113. The van der Waals surface area contributed by atoms with E-state index in [1.54, 1.807) is 19.2 Å². The lowest BCUT2D eigenvalue weighted by atomic mass is 10.0. The average Bonchev–Trinajstić information content (AvgIpc) is 3.12. The van der Waals surface area contributed by atoms with Gasteiger partial charge in [0, 0.05) is 18.7 Å². The summed E-state index contributed by atoms with van der Waals surface area (Å²) in [5.74, 6) is -0.202. The number of tetrazole rings is 1. The Bertz CT molecular complexity index is 893. The van der Waals surface area contributed by atoms with E-state index in [2.05, 4.69) is 20.4 Å². The van der Waals surface area contributed by atoms with E-state index in [9.17, 15) is 9.59 Å². The van der Waals surface area contributed by atoms with Gasteiger partial charge in [0.2, 0.25) is 11.6 Å². The van der Waals surface area contributed by atoms with E-state index in [0.717, 1.165) is 0 Å². The number of carbonyl (C=O) groups is 2. The van der Waals surface area contributed by atoms with Crippen LogP contribution in [0.2, 0.25) is 0 Å². The molecule has 8 nitrogen and oxygen atoms in total. The molecule has 22 heavy (non-hydrogen) atoms. The normalized spacial score (nSPS) is 10.9. The number of benzene rings is 1. The fourth-order valence-corrected chi connectivity index (χ4v) is 2.33. The van der Waals surface area contributed by atoms with E-state index in [1.807, 2.05) is 0 Å². The van der Waals surface area contributed by atoms with E-state index < -0.39 is 11.6 Å². The molecule has 0 aliphatic heterocycles. The van der Waals surface area contributed by atoms with Gasteiger partial charge in [-0.15, -0.1) is 10.2 Å². The van der Waals surface area contributed by atoms with E-state index >= 15 is 0 Å². The van der Waals surface area contributed by atoms with Gasteiger partial charge < -0.3 is 9.72 Å². The van der Waals surface area contributed by atoms with Crippen LogP contribution in [0.3, 0.4) is 0 Å². The van der Waals surface area contributed by atoms with Crippen LogP contribution in [0, 0.1) is 0 Å². The van der Waals surface area contributed by atoms with Gasteiger partial charge in [0.15, 0.2) is 5.78 Å². The molecule has 112 valence electrons. The van der Waals surface area contributed by atoms with Gasteiger partial charge in [-0.05, 0) is 17.3 Å². The minimum Gasteiger partial charge on any atom is -0.496 e. The number of Topliss-reactive ketones (excluding diaryl/α,β-unsaturated/α-hetero) is 2. The highest BCUT2D eigenvalue weighted by molar-refractivity contribution is 6.45. The zero-order chi connectivity index (χ0) is 15.9. The van der Waals surface area contributed by atoms with Crippen molar-refractivity contribution in [3.8, 4) is 17.1 Å². The van der Waals surface area contributed by atoms with Gasteiger partial charge in [0.05, 0.1) is 30.6 Å². The van der Waals surface area contributed by atoms with Crippen molar-refractivity contribution in [2.45, 2.75) is 6.92 Å². The molecule has 1 N–H and O–H groups in total. The minimum atomic E-state index is -0.575. The maximum atomic E-state index is 12.1. The van der Waals surface area contributed by atoms with Gasteiger partial charge >= 0.3 is 0 Å². The number of ketones is 2. The Morgan fingerprint density at radius 1 is 1.32 bits per heavy atom. The van der Waals surface area contributed by atoms with Gasteiger partial charge in [-0.3, -0.25) is 9.59 Å². The minimum absolute atomic E-state index is 0.269. The summed E-state index contributed by atoms with van der Waals surface area (Å²) in [6.45, 7) is 1.24. The van der Waals surface area contributed by atoms with Crippen molar-refractivity contribution in [1.82, 2.24) is 25.2 Å². The molecule has 8 heteroatoms. The first-order chi connectivity index (χ1) is 10.5. The van der Waals surface area contributed by atoms with Crippen molar-refractivity contribution < 1.29 is 14.3 Å². The van der Waals surface area contributed by atoms with Crippen LogP contribution in [-0.4, -0.2) is 43.9 Å². The molecule has 0 saturated carbocycles. The second-order valence-electron chi connectivity index (χ2n) is 4.76. The molecule has 0 bridgehead atoms. The molecule has 3 rings (SSSR count). The van der Waals surface area contributed by atoms with Crippen molar-refractivity contribution in [3.05, 3.63) is 23.9 Å². The molecule has 3 aromatic rings. The average molecular weight is 299 g/mol. The van der Waals surface area contributed by atoms with Crippen LogP contribution in [0.4, 0.5) is 0 Å². The Morgan fingerprint density at radius 2 is 2.09 bits per heavy atom. The van der Waals surface area contributed by atoms with Crippen LogP contribution in [-0.2, 0) is 11.8 Å². The second-order valence-corrected chi connectivity index (χ2v) is 4.76. The maximum Gasteiger partial charge on any atom is 0.230 e. The number of methoxy groups -OCH3 is 1. The van der Waals surface area contributed by atoms with Crippen molar-refractivity contribution in [2.75, 3.05) is 7.11 Å². The number of hydrogen-bond donors (Lipinski definition) is 1. The third-order valence-electron chi connectivity index (χ3n) is 3.33. The highest BCUT2D eigenvalue weighted by Crippen LogP contribution is 2.35. The molecular formula is C14H13N5O3. The number of carbonyl (C=O) groups excluding carboxylic acids is 2. The zero-order valence-corrected chi connectivity index (χ0v) is 12.2. The molecule has 1 aromatic carbocycles. The molecule has 2 heterocycles. The van der Waals surface area contributed by atoms with E-state index in [0.29, 0.717) is 28.0 Å². The van der Waals surface area contributed by atoms with Gasteiger partial charge in [-0.1, -0.05) is 0 Å². The fraction of sp³-hybridized carbons (Fsp3) is 0.214. The molecule has 2 aromatic heterocycles. The van der Waals surface area contributed by atoms with Crippen molar-refractivity contribution in [1.29, 1.82) is 0 Å². The first-order valence-corrected chi connectivity index (χ1v) is 6.50. The highest BCUT2D eigenvalue weighted by atomic mass is 16.5. The number of aryl methyl sites for hydroxylation is 1. The molecule has 0 aliphatic rings. The molecule has 0 radical (unpaired) electrons. The van der Waals surface area contributed by atoms with Gasteiger partial charge in [-0.25, -0.2) is 0 Å². The van der Waals surface area contributed by atoms with E-state index in [4.69, 9.17) is 4.74 Å². The van der Waals surface area contributed by atoms with Crippen LogP contribution < -0.4 is 4.74 Å². The maximum absolute atomic E-state index is 12.1. The topological polar surface area (TPSA) is 103 Å². The fourth-order valence-electron chi connectivity index (χ4n) is 2.33. The van der Waals surface area contributed by atoms with E-state index in [1.165, 1.54) is 25.0 Å². The number of hydrogen-bond acceptors (Lipinski definition) is 6. The number of nitrogens with zero attached hydrogens (tertiary/aromatic N) is 4. The number of fused-ring (bicyclic) bond motifs is 1. The van der Waals surface area contributed by atoms with Crippen LogP contribution >= 0.6 is 0 Å². The summed E-state index contributed by atoms with van der Waals surface area (Å²) in [6.07, 6.45) is 1.50. The Morgan fingerprint density at radius 3 is 2.68 bits per heavy atom. The van der Waals surface area contributed by atoms with Crippen LogP contribution in [0.25, 0.3) is 22.3 Å². The zero-order valence-electron chi connectivity index (χ0n) is 12.2. The smallest absolute Gasteiger partial charge is 0.230 e. The van der Waals surface area contributed by atoms with Gasteiger partial charge in [0.25, 0.3) is 0 Å². The summed E-state index contributed by atoms with van der Waals surface area (Å²) in [5.41, 5.74) is 1.56. The summed E-state index contributed by atoms with van der Waals surface area (Å²) in [4.78, 5) is 27.8. The molecule has 0 amide bonds. The Kier molecular flexibility index (Phi) is 3.21. The Labute approximate surface area is 125 Å². The van der Waals surface area contributed by atoms with Gasteiger partial charge in [-0.2, -0.15) is 4.80 Å². The molecule has 0 unspecified atom stereocenters. The van der Waals surface area contributed by atoms with Gasteiger partial charge in [0.1, 0.15) is 5.75 Å². The Hall–Kier alpha value is -3.03. The molecule has 0 aliphatic carbocycles. The Balaban J connectivity index is 2.30. The first-order valence-electron chi connectivity index (χ1n) is 6.50. The van der Waals surface area contributed by atoms with Crippen molar-refractivity contribution >= 4 is 22.5 Å². The lowest BCUT2D eigenvalue weighted by Crippen LogP contribution is -2.09. The number of aromatic nitrogens is 5. The molecule has 0 fully saturated rings. The summed E-state index contributed by atoms with van der Waals surface area (Å²) in [6, 6.07) is 3.48. The number of H-pyrrole nitrogens is 1. The van der Waals surface area contributed by atoms with Crippen molar-refractivity contribution in [2.24, 2.45) is 7.05 Å². The molecular weight excluding hydrogens is 286 g/mol. The predicted octanol–water partition coefficient (Wildman–Crippen LogP) is 1.14. The number of nitrogens with one attached hydrogen (secondary N) is 1. The highest BCUT2D eigenvalue weighted by Gasteiger charge is 2.22. The third kappa shape index (κ3) is 2.05. The number of ether oxygens (including phenoxy) is 1. The van der Waals surface area contributed by atoms with Crippen LogP contribution in [0.1, 0.15) is 17.3 Å². The summed E-state index contributed by atoms with van der Waals surface area (Å²) < 4.78 is 5.31.